The average Bonchev–Trinajstić information content (AvgIpc) is 2.32. The van der Waals surface area contributed by atoms with Crippen LogP contribution in [-0.4, -0.2) is 17.1 Å². The van der Waals surface area contributed by atoms with Crippen LogP contribution in [0.1, 0.15) is 0 Å². The van der Waals surface area contributed by atoms with Crippen molar-refractivity contribution in [1.82, 2.24) is 9.97 Å². The van der Waals surface area contributed by atoms with Gasteiger partial charge in [-0.15, -0.1) is 0 Å². The molecule has 0 unspecified atom stereocenters. The molecule has 3 nitrogen and oxygen atoms in total. The molecule has 0 saturated carbocycles. The van der Waals surface area contributed by atoms with Crippen LogP contribution in [0.3, 0.4) is 0 Å². The van der Waals surface area contributed by atoms with Gasteiger partial charge >= 0.3 is 0 Å². The highest BCUT2D eigenvalue weighted by molar-refractivity contribution is 6.43. The van der Waals surface area contributed by atoms with Gasteiger partial charge in [-0.05, 0) is 6.07 Å². The van der Waals surface area contributed by atoms with Crippen molar-refractivity contribution >= 4 is 34.8 Å². The fraction of sp³-hybridized carbons (Fsp3) is 0.0909. The Morgan fingerprint density at radius 1 is 1.12 bits per heavy atom. The second-order valence-corrected chi connectivity index (χ2v) is 4.29. The fourth-order valence-corrected chi connectivity index (χ4v) is 2.01. The highest BCUT2D eigenvalue weighted by atomic mass is 35.5. The van der Waals surface area contributed by atoms with E-state index < -0.39 is 0 Å². The Bertz CT molecular complexity index is 560. The van der Waals surface area contributed by atoms with Gasteiger partial charge in [0.2, 0.25) is 0 Å². The maximum Gasteiger partial charge on any atom is 0.182 e. The summed E-state index contributed by atoms with van der Waals surface area (Å²) in [6.45, 7) is 0. The first kappa shape index (κ1) is 12.4. The Hall–Kier alpha value is -1.03. The summed E-state index contributed by atoms with van der Waals surface area (Å²) in [7, 11) is 1.49. The Balaban J connectivity index is 2.68. The largest absolute Gasteiger partial charge is 0.491 e. The van der Waals surface area contributed by atoms with Gasteiger partial charge in [-0.1, -0.05) is 46.9 Å². The lowest BCUT2D eigenvalue weighted by molar-refractivity contribution is 0.413. The predicted molar refractivity (Wildman–Crippen MR) is 69.1 cm³/mol. The van der Waals surface area contributed by atoms with Gasteiger partial charge in [-0.3, -0.25) is 0 Å². The number of nitrogens with zero attached hydrogens (tertiary/aromatic N) is 2. The van der Waals surface area contributed by atoms with E-state index in [0.717, 1.165) is 0 Å². The van der Waals surface area contributed by atoms with Crippen LogP contribution in [0.2, 0.25) is 15.2 Å². The molecule has 0 aliphatic carbocycles. The molecule has 1 aromatic carbocycles. The van der Waals surface area contributed by atoms with Crippen molar-refractivity contribution in [1.29, 1.82) is 0 Å². The standard InChI is InChI=1S/C11H7Cl3N2O/c1-17-10-9(15-5-16-11(10)14)6-3-2-4-7(12)8(6)13/h2-5H,1H3. The zero-order valence-electron chi connectivity index (χ0n) is 8.75. The number of ether oxygens (including phenoxy) is 1. The summed E-state index contributed by atoms with van der Waals surface area (Å²) < 4.78 is 5.17. The van der Waals surface area contributed by atoms with E-state index in [2.05, 4.69) is 9.97 Å². The lowest BCUT2D eigenvalue weighted by atomic mass is 10.1. The van der Waals surface area contributed by atoms with Gasteiger partial charge < -0.3 is 4.74 Å². The molecule has 0 aliphatic rings. The molecular weight excluding hydrogens is 282 g/mol. The number of benzene rings is 1. The second-order valence-electron chi connectivity index (χ2n) is 3.15. The number of rotatable bonds is 2. The normalized spacial score (nSPS) is 10.4. The number of halogens is 3. The van der Waals surface area contributed by atoms with Crippen molar-refractivity contribution in [2.75, 3.05) is 7.11 Å². The SMILES string of the molecule is COc1c(Cl)ncnc1-c1cccc(Cl)c1Cl. The molecule has 0 fully saturated rings. The number of hydrogen-bond donors (Lipinski definition) is 0. The molecule has 88 valence electrons. The minimum Gasteiger partial charge on any atom is -0.491 e. The Kier molecular flexibility index (Phi) is 3.72. The van der Waals surface area contributed by atoms with Crippen molar-refractivity contribution < 1.29 is 4.74 Å². The quantitative estimate of drug-likeness (QED) is 0.780. The molecule has 2 rings (SSSR count). The van der Waals surface area contributed by atoms with Crippen LogP contribution < -0.4 is 4.74 Å². The lowest BCUT2D eigenvalue weighted by Crippen LogP contribution is -1.95. The van der Waals surface area contributed by atoms with E-state index in [9.17, 15) is 0 Å². The van der Waals surface area contributed by atoms with Gasteiger partial charge in [0.1, 0.15) is 12.0 Å². The third-order valence-corrected chi connectivity index (χ3v) is 3.26. The van der Waals surface area contributed by atoms with Gasteiger partial charge in [-0.2, -0.15) is 0 Å². The van der Waals surface area contributed by atoms with Crippen LogP contribution in [0.25, 0.3) is 11.3 Å². The number of aromatic nitrogens is 2. The van der Waals surface area contributed by atoms with Crippen molar-refractivity contribution in [3.63, 3.8) is 0 Å². The molecule has 6 heteroatoms. The van der Waals surface area contributed by atoms with Crippen LogP contribution in [0.5, 0.6) is 5.75 Å². The van der Waals surface area contributed by atoms with Gasteiger partial charge in [0.25, 0.3) is 0 Å². The first-order chi connectivity index (χ1) is 8.15. The third kappa shape index (κ3) is 2.32. The topological polar surface area (TPSA) is 35.0 Å². The summed E-state index contributed by atoms with van der Waals surface area (Å²) >= 11 is 18.0. The smallest absolute Gasteiger partial charge is 0.182 e. The molecule has 0 N–H and O–H groups in total. The van der Waals surface area contributed by atoms with Gasteiger partial charge in [0, 0.05) is 5.56 Å². The van der Waals surface area contributed by atoms with Crippen LogP contribution in [-0.2, 0) is 0 Å². The van der Waals surface area contributed by atoms with E-state index in [4.69, 9.17) is 39.5 Å². The van der Waals surface area contributed by atoms with E-state index in [-0.39, 0.29) is 5.15 Å². The van der Waals surface area contributed by atoms with E-state index in [1.807, 2.05) is 0 Å². The summed E-state index contributed by atoms with van der Waals surface area (Å²) in [6.07, 6.45) is 1.34. The van der Waals surface area contributed by atoms with Crippen LogP contribution >= 0.6 is 34.8 Å². The first-order valence-electron chi connectivity index (χ1n) is 4.64. The van der Waals surface area contributed by atoms with E-state index in [0.29, 0.717) is 27.1 Å². The second kappa shape index (κ2) is 5.08. The highest BCUT2D eigenvalue weighted by Crippen LogP contribution is 2.38. The van der Waals surface area contributed by atoms with E-state index in [1.165, 1.54) is 13.4 Å². The molecule has 1 aromatic heterocycles. The van der Waals surface area contributed by atoms with Crippen LogP contribution in [0.15, 0.2) is 24.5 Å². The molecule has 0 atom stereocenters. The summed E-state index contributed by atoms with van der Waals surface area (Å²) in [5, 5.41) is 1.08. The summed E-state index contributed by atoms with van der Waals surface area (Å²) in [5.41, 5.74) is 1.17. The molecular formula is C11H7Cl3N2O. The lowest BCUT2D eigenvalue weighted by Gasteiger charge is -2.10. The van der Waals surface area contributed by atoms with Crippen molar-refractivity contribution in [3.05, 3.63) is 39.7 Å². The van der Waals surface area contributed by atoms with Crippen molar-refractivity contribution in [3.8, 4) is 17.0 Å². The van der Waals surface area contributed by atoms with Crippen LogP contribution in [0, 0.1) is 0 Å². The summed E-state index contributed by atoms with van der Waals surface area (Å²) in [6, 6.07) is 5.26. The summed E-state index contributed by atoms with van der Waals surface area (Å²) in [4.78, 5) is 7.96. The molecule has 0 saturated heterocycles. The zero-order valence-corrected chi connectivity index (χ0v) is 11.0. The minimum absolute atomic E-state index is 0.230. The molecule has 17 heavy (non-hydrogen) atoms. The predicted octanol–water partition coefficient (Wildman–Crippen LogP) is 4.11. The Morgan fingerprint density at radius 2 is 1.88 bits per heavy atom. The molecule has 0 bridgehead atoms. The maximum atomic E-state index is 6.12. The van der Waals surface area contributed by atoms with Crippen molar-refractivity contribution in [2.24, 2.45) is 0 Å². The maximum absolute atomic E-state index is 6.12. The third-order valence-electron chi connectivity index (χ3n) is 2.17. The molecule has 0 spiro atoms. The van der Waals surface area contributed by atoms with Crippen molar-refractivity contribution in [2.45, 2.75) is 0 Å². The van der Waals surface area contributed by atoms with Gasteiger partial charge in [0.05, 0.1) is 17.2 Å². The Labute approximate surface area is 113 Å². The van der Waals surface area contributed by atoms with E-state index in [1.54, 1.807) is 18.2 Å². The van der Waals surface area contributed by atoms with Gasteiger partial charge in [-0.25, -0.2) is 9.97 Å². The molecule has 0 radical (unpaired) electrons. The first-order valence-corrected chi connectivity index (χ1v) is 5.77. The summed E-state index contributed by atoms with van der Waals surface area (Å²) in [5.74, 6) is 0.373. The van der Waals surface area contributed by atoms with Crippen LogP contribution in [0.4, 0.5) is 0 Å². The Morgan fingerprint density at radius 3 is 2.59 bits per heavy atom. The highest BCUT2D eigenvalue weighted by Gasteiger charge is 2.16. The molecule has 0 aliphatic heterocycles. The molecule has 1 heterocycles. The zero-order chi connectivity index (χ0) is 12.4. The van der Waals surface area contributed by atoms with E-state index >= 15 is 0 Å². The van der Waals surface area contributed by atoms with Gasteiger partial charge in [0.15, 0.2) is 10.9 Å². The number of methoxy groups -OCH3 is 1. The molecule has 0 amide bonds. The minimum atomic E-state index is 0.230. The number of hydrogen-bond acceptors (Lipinski definition) is 3. The average molecular weight is 290 g/mol. The monoisotopic (exact) mass is 288 g/mol. The fourth-order valence-electron chi connectivity index (χ4n) is 1.41. The molecule has 2 aromatic rings.